The molecule has 0 saturated heterocycles. The molecule has 0 aliphatic carbocycles. The van der Waals surface area contributed by atoms with Crippen LogP contribution in [0.2, 0.25) is 0 Å². The number of amides is 1. The maximum atomic E-state index is 12.2. The van der Waals surface area contributed by atoms with Crippen molar-refractivity contribution in [1.82, 2.24) is 0 Å². The molecule has 2 aromatic rings. The lowest BCUT2D eigenvalue weighted by atomic mass is 10.1. The standard InChI is InChI=1S/C16H15NO3S/c1-10-3-4-12(5-6-15(18)19)7-14(10)17-16(20)13-9-21-8-11(13)2/h3-9H,1-2H3,(H,17,20)(H,18,19). The zero-order chi connectivity index (χ0) is 15.4. The molecule has 1 amide bonds. The molecule has 0 radical (unpaired) electrons. The van der Waals surface area contributed by atoms with E-state index in [4.69, 9.17) is 5.11 Å². The largest absolute Gasteiger partial charge is 0.478 e. The quantitative estimate of drug-likeness (QED) is 0.846. The van der Waals surface area contributed by atoms with Crippen LogP contribution in [0.1, 0.15) is 27.0 Å². The molecule has 0 bridgehead atoms. The minimum Gasteiger partial charge on any atom is -0.478 e. The van der Waals surface area contributed by atoms with E-state index in [0.717, 1.165) is 22.8 Å². The summed E-state index contributed by atoms with van der Waals surface area (Å²) in [6, 6.07) is 5.41. The molecule has 2 rings (SSSR count). The van der Waals surface area contributed by atoms with Gasteiger partial charge in [0, 0.05) is 17.1 Å². The van der Waals surface area contributed by atoms with Crippen LogP contribution in [0.15, 0.2) is 35.0 Å². The van der Waals surface area contributed by atoms with Crippen LogP contribution in [0.3, 0.4) is 0 Å². The van der Waals surface area contributed by atoms with Gasteiger partial charge in [0.1, 0.15) is 0 Å². The molecular weight excluding hydrogens is 286 g/mol. The van der Waals surface area contributed by atoms with Crippen molar-refractivity contribution in [1.29, 1.82) is 0 Å². The number of rotatable bonds is 4. The SMILES string of the molecule is Cc1ccc(C=CC(=O)O)cc1NC(=O)c1cscc1C. The predicted molar refractivity (Wildman–Crippen MR) is 84.9 cm³/mol. The summed E-state index contributed by atoms with van der Waals surface area (Å²) in [5.74, 6) is -1.16. The maximum absolute atomic E-state index is 12.2. The number of carbonyl (C=O) groups is 2. The van der Waals surface area contributed by atoms with Crippen molar-refractivity contribution in [3.8, 4) is 0 Å². The Labute approximate surface area is 126 Å². The average Bonchev–Trinajstić information content (AvgIpc) is 2.86. The molecule has 0 unspecified atom stereocenters. The van der Waals surface area contributed by atoms with E-state index >= 15 is 0 Å². The first-order valence-electron chi connectivity index (χ1n) is 6.33. The summed E-state index contributed by atoms with van der Waals surface area (Å²) >= 11 is 1.49. The molecule has 4 nitrogen and oxygen atoms in total. The van der Waals surface area contributed by atoms with E-state index in [1.165, 1.54) is 17.4 Å². The minimum absolute atomic E-state index is 0.156. The molecule has 5 heteroatoms. The molecule has 108 valence electrons. The zero-order valence-electron chi connectivity index (χ0n) is 11.7. The molecule has 21 heavy (non-hydrogen) atoms. The lowest BCUT2D eigenvalue weighted by molar-refractivity contribution is -0.131. The van der Waals surface area contributed by atoms with Gasteiger partial charge in [0.15, 0.2) is 0 Å². The van der Waals surface area contributed by atoms with Crippen LogP contribution < -0.4 is 5.32 Å². The second-order valence-corrected chi connectivity index (χ2v) is 5.41. The number of aryl methyl sites for hydroxylation is 2. The second kappa shape index (κ2) is 6.37. The number of thiophene rings is 1. The van der Waals surface area contributed by atoms with Crippen LogP contribution >= 0.6 is 11.3 Å². The Kier molecular flexibility index (Phi) is 4.55. The Balaban J connectivity index is 2.23. The van der Waals surface area contributed by atoms with E-state index < -0.39 is 5.97 Å². The first kappa shape index (κ1) is 15.0. The average molecular weight is 301 g/mol. The number of benzene rings is 1. The molecule has 0 saturated carbocycles. The van der Waals surface area contributed by atoms with E-state index in [0.29, 0.717) is 11.3 Å². The third-order valence-electron chi connectivity index (χ3n) is 3.03. The third kappa shape index (κ3) is 3.79. The second-order valence-electron chi connectivity index (χ2n) is 4.67. The van der Waals surface area contributed by atoms with Crippen LogP contribution in [0.25, 0.3) is 6.08 Å². The molecule has 1 aromatic heterocycles. The number of carboxylic acids is 1. The number of nitrogens with one attached hydrogen (secondary N) is 1. The highest BCUT2D eigenvalue weighted by Crippen LogP contribution is 2.21. The fourth-order valence-electron chi connectivity index (χ4n) is 1.83. The van der Waals surface area contributed by atoms with Crippen molar-refractivity contribution in [2.45, 2.75) is 13.8 Å². The van der Waals surface area contributed by atoms with Crippen LogP contribution in [0, 0.1) is 13.8 Å². The number of aliphatic carboxylic acids is 1. The predicted octanol–water partition coefficient (Wildman–Crippen LogP) is 3.72. The molecule has 0 aliphatic rings. The van der Waals surface area contributed by atoms with Crippen molar-refractivity contribution in [3.63, 3.8) is 0 Å². The monoisotopic (exact) mass is 301 g/mol. The summed E-state index contributed by atoms with van der Waals surface area (Å²) in [4.78, 5) is 22.7. The van der Waals surface area contributed by atoms with Gasteiger partial charge in [-0.3, -0.25) is 4.79 Å². The third-order valence-corrected chi connectivity index (χ3v) is 3.89. The van der Waals surface area contributed by atoms with Crippen molar-refractivity contribution < 1.29 is 14.7 Å². The molecule has 0 fully saturated rings. The molecular formula is C16H15NO3S. The van der Waals surface area contributed by atoms with E-state index in [1.807, 2.05) is 30.7 Å². The van der Waals surface area contributed by atoms with Gasteiger partial charge >= 0.3 is 5.97 Å². The summed E-state index contributed by atoms with van der Waals surface area (Å²) in [6.07, 6.45) is 2.56. The summed E-state index contributed by atoms with van der Waals surface area (Å²) in [7, 11) is 0. The van der Waals surface area contributed by atoms with E-state index in [-0.39, 0.29) is 5.91 Å². The Hall–Kier alpha value is -2.40. The van der Waals surface area contributed by atoms with Crippen LogP contribution in [0.4, 0.5) is 5.69 Å². The first-order chi connectivity index (χ1) is 9.97. The molecule has 0 spiro atoms. The van der Waals surface area contributed by atoms with E-state index in [2.05, 4.69) is 5.32 Å². The minimum atomic E-state index is -1.00. The number of carboxylic acid groups (broad SMARTS) is 1. The van der Waals surface area contributed by atoms with Crippen LogP contribution in [-0.2, 0) is 4.79 Å². The summed E-state index contributed by atoms with van der Waals surface area (Å²) < 4.78 is 0. The highest BCUT2D eigenvalue weighted by Gasteiger charge is 2.11. The van der Waals surface area contributed by atoms with Gasteiger partial charge < -0.3 is 10.4 Å². The van der Waals surface area contributed by atoms with Gasteiger partial charge in [-0.25, -0.2) is 4.79 Å². The van der Waals surface area contributed by atoms with Gasteiger partial charge in [0.05, 0.1) is 5.56 Å². The lowest BCUT2D eigenvalue weighted by Gasteiger charge is -2.09. The highest BCUT2D eigenvalue weighted by atomic mass is 32.1. The zero-order valence-corrected chi connectivity index (χ0v) is 12.5. The Bertz CT molecular complexity index is 716. The Morgan fingerprint density at radius 3 is 2.57 bits per heavy atom. The number of carbonyl (C=O) groups excluding carboxylic acids is 1. The van der Waals surface area contributed by atoms with Crippen molar-refractivity contribution in [2.75, 3.05) is 5.32 Å². The fraction of sp³-hybridized carbons (Fsp3) is 0.125. The smallest absolute Gasteiger partial charge is 0.328 e. The Morgan fingerprint density at radius 1 is 1.19 bits per heavy atom. The molecule has 0 aliphatic heterocycles. The van der Waals surface area contributed by atoms with Crippen LogP contribution in [-0.4, -0.2) is 17.0 Å². The molecule has 2 N–H and O–H groups in total. The topological polar surface area (TPSA) is 66.4 Å². The normalized spacial score (nSPS) is 10.8. The summed E-state index contributed by atoms with van der Waals surface area (Å²) in [5.41, 5.74) is 3.92. The van der Waals surface area contributed by atoms with Gasteiger partial charge in [-0.05, 0) is 48.1 Å². The van der Waals surface area contributed by atoms with Crippen molar-refractivity contribution >= 4 is 35.0 Å². The van der Waals surface area contributed by atoms with E-state index in [1.54, 1.807) is 12.1 Å². The van der Waals surface area contributed by atoms with Gasteiger partial charge in [0.25, 0.3) is 5.91 Å². The van der Waals surface area contributed by atoms with Crippen molar-refractivity contribution in [3.05, 3.63) is 57.3 Å². The van der Waals surface area contributed by atoms with Gasteiger partial charge in [-0.2, -0.15) is 11.3 Å². The molecule has 1 aromatic carbocycles. The lowest BCUT2D eigenvalue weighted by Crippen LogP contribution is -2.13. The number of hydrogen-bond donors (Lipinski definition) is 2. The van der Waals surface area contributed by atoms with Crippen LogP contribution in [0.5, 0.6) is 0 Å². The number of hydrogen-bond acceptors (Lipinski definition) is 3. The molecule has 1 heterocycles. The summed E-state index contributed by atoms with van der Waals surface area (Å²) in [5, 5.41) is 15.3. The summed E-state index contributed by atoms with van der Waals surface area (Å²) in [6.45, 7) is 3.78. The van der Waals surface area contributed by atoms with Crippen molar-refractivity contribution in [2.24, 2.45) is 0 Å². The Morgan fingerprint density at radius 2 is 1.95 bits per heavy atom. The van der Waals surface area contributed by atoms with Gasteiger partial charge in [-0.1, -0.05) is 12.1 Å². The highest BCUT2D eigenvalue weighted by molar-refractivity contribution is 7.08. The van der Waals surface area contributed by atoms with Gasteiger partial charge in [-0.15, -0.1) is 0 Å². The first-order valence-corrected chi connectivity index (χ1v) is 7.27. The molecule has 0 atom stereocenters. The maximum Gasteiger partial charge on any atom is 0.328 e. The fourth-order valence-corrected chi connectivity index (χ4v) is 2.66. The van der Waals surface area contributed by atoms with Gasteiger partial charge in [0.2, 0.25) is 0 Å². The number of anilines is 1. The van der Waals surface area contributed by atoms with E-state index in [9.17, 15) is 9.59 Å².